The van der Waals surface area contributed by atoms with Gasteiger partial charge in [-0.3, -0.25) is 9.59 Å². The average molecular weight is 466 g/mol. The highest BCUT2D eigenvalue weighted by Gasteiger charge is 2.48. The molecule has 3 N–H and O–H groups in total. The summed E-state index contributed by atoms with van der Waals surface area (Å²) in [5.41, 5.74) is 3.56. The summed E-state index contributed by atoms with van der Waals surface area (Å²) in [5, 5.41) is 11.9. The number of aromatic nitrogens is 3. The zero-order valence-electron chi connectivity index (χ0n) is 22.8. The van der Waals surface area contributed by atoms with E-state index in [2.05, 4.69) is 29.5 Å². The molecule has 0 spiro atoms. The number of nitrogens with two attached hydrogens (primary N) is 1. The maximum absolute atomic E-state index is 13.4. The first-order chi connectivity index (χ1) is 14.9. The lowest BCUT2D eigenvalue weighted by Gasteiger charge is -2.44. The fourth-order valence-corrected chi connectivity index (χ4v) is 3.61. The summed E-state index contributed by atoms with van der Waals surface area (Å²) >= 11 is 0. The Hall–Kier alpha value is -1.96. The van der Waals surface area contributed by atoms with Crippen molar-refractivity contribution in [2.75, 3.05) is 19.8 Å². The van der Waals surface area contributed by atoms with Crippen LogP contribution in [0.25, 0.3) is 0 Å². The van der Waals surface area contributed by atoms with Gasteiger partial charge < -0.3 is 15.8 Å². The molecule has 0 saturated heterocycles. The summed E-state index contributed by atoms with van der Waals surface area (Å²) < 4.78 is 7.37. The molecular weight excluding hydrogens is 418 g/mol. The predicted octanol–water partition coefficient (Wildman–Crippen LogP) is 3.79. The van der Waals surface area contributed by atoms with Gasteiger partial charge in [-0.15, -0.1) is 5.10 Å². The number of ether oxygens (including phenoxy) is 1. The minimum absolute atomic E-state index is 0.0994. The number of hydrogen-bond acceptors (Lipinski definition) is 5. The number of nitrogens with zero attached hydrogens (tertiary/aromatic N) is 3. The van der Waals surface area contributed by atoms with Crippen molar-refractivity contribution in [1.82, 2.24) is 20.3 Å². The van der Waals surface area contributed by atoms with Gasteiger partial charge in [0.15, 0.2) is 0 Å². The molecule has 1 atom stereocenters. The van der Waals surface area contributed by atoms with Crippen LogP contribution >= 0.6 is 0 Å². The van der Waals surface area contributed by atoms with Gasteiger partial charge in [-0.2, -0.15) is 0 Å². The molecule has 2 amide bonds. The molecule has 0 bridgehead atoms. The Morgan fingerprint density at radius 2 is 1.61 bits per heavy atom. The molecular formula is C25H47N5O3. The van der Waals surface area contributed by atoms with Gasteiger partial charge in [0.25, 0.3) is 0 Å². The van der Waals surface area contributed by atoms with Crippen LogP contribution in [-0.4, -0.2) is 46.6 Å². The third kappa shape index (κ3) is 5.76. The number of rotatable bonds is 13. The standard InChI is InChI=1S/C25H47N5O3/c1-12-25(11,23(7,8)19(26)31)17-27-20(32)24(9,10)22(5,6)18-16-30(29-28-18)21(3,4)14-15-33-13-2/h16H,12-15,17H2,1-11H3,(H2,26,31)(H,27,32). The van der Waals surface area contributed by atoms with Gasteiger partial charge in [-0.1, -0.05) is 60.6 Å². The number of primary amides is 1. The molecule has 0 saturated carbocycles. The fourth-order valence-electron chi connectivity index (χ4n) is 3.61. The Morgan fingerprint density at radius 1 is 1.03 bits per heavy atom. The van der Waals surface area contributed by atoms with Crippen LogP contribution in [0.15, 0.2) is 6.20 Å². The summed E-state index contributed by atoms with van der Waals surface area (Å²) in [5.74, 6) is -0.471. The van der Waals surface area contributed by atoms with Gasteiger partial charge in [0.1, 0.15) is 0 Å². The van der Waals surface area contributed by atoms with Crippen molar-refractivity contribution in [2.24, 2.45) is 22.0 Å². The molecule has 8 heteroatoms. The fraction of sp³-hybridized carbons (Fsp3) is 0.840. The van der Waals surface area contributed by atoms with E-state index < -0.39 is 21.7 Å². The Labute approximate surface area is 200 Å². The summed E-state index contributed by atoms with van der Waals surface area (Å²) in [6.45, 7) is 23.4. The van der Waals surface area contributed by atoms with E-state index >= 15 is 0 Å². The molecule has 1 aromatic heterocycles. The average Bonchev–Trinajstić information content (AvgIpc) is 3.23. The van der Waals surface area contributed by atoms with Crippen molar-refractivity contribution in [1.29, 1.82) is 0 Å². The molecule has 1 aromatic rings. The van der Waals surface area contributed by atoms with Gasteiger partial charge >= 0.3 is 0 Å². The number of nitrogens with one attached hydrogen (secondary N) is 1. The van der Waals surface area contributed by atoms with Crippen LogP contribution in [0, 0.1) is 16.2 Å². The highest BCUT2D eigenvalue weighted by molar-refractivity contribution is 5.84. The molecule has 0 aliphatic rings. The van der Waals surface area contributed by atoms with E-state index in [1.807, 2.05) is 73.2 Å². The third-order valence-corrected chi connectivity index (χ3v) is 8.49. The van der Waals surface area contributed by atoms with E-state index in [1.54, 1.807) is 0 Å². The largest absolute Gasteiger partial charge is 0.382 e. The quantitative estimate of drug-likeness (QED) is 0.431. The van der Waals surface area contributed by atoms with Crippen molar-refractivity contribution in [3.8, 4) is 0 Å². The lowest BCUT2D eigenvalue weighted by atomic mass is 9.63. The lowest BCUT2D eigenvalue weighted by molar-refractivity contribution is -0.137. The summed E-state index contributed by atoms with van der Waals surface area (Å²) in [6, 6.07) is 0. The van der Waals surface area contributed by atoms with Crippen molar-refractivity contribution in [2.45, 2.75) is 100.0 Å². The molecule has 0 aliphatic heterocycles. The molecule has 0 fully saturated rings. The molecule has 1 heterocycles. The molecule has 33 heavy (non-hydrogen) atoms. The van der Waals surface area contributed by atoms with Crippen LogP contribution in [0.3, 0.4) is 0 Å². The number of carbonyl (C=O) groups excluding carboxylic acids is 2. The topological polar surface area (TPSA) is 112 Å². The molecule has 0 aliphatic carbocycles. The van der Waals surface area contributed by atoms with Crippen LogP contribution in [0.4, 0.5) is 0 Å². The van der Waals surface area contributed by atoms with Crippen molar-refractivity contribution >= 4 is 11.8 Å². The van der Waals surface area contributed by atoms with Crippen molar-refractivity contribution < 1.29 is 14.3 Å². The van der Waals surface area contributed by atoms with Crippen LogP contribution in [0.2, 0.25) is 0 Å². The van der Waals surface area contributed by atoms with Crippen LogP contribution in [0.1, 0.15) is 94.7 Å². The van der Waals surface area contributed by atoms with E-state index in [1.165, 1.54) is 0 Å². The first-order valence-electron chi connectivity index (χ1n) is 12.0. The first-order valence-corrected chi connectivity index (χ1v) is 12.0. The van der Waals surface area contributed by atoms with Crippen molar-refractivity contribution in [3.63, 3.8) is 0 Å². The Balaban J connectivity index is 3.08. The number of hydrogen-bond donors (Lipinski definition) is 2. The first kappa shape index (κ1) is 29.1. The van der Waals surface area contributed by atoms with Gasteiger partial charge in [-0.25, -0.2) is 4.68 Å². The van der Waals surface area contributed by atoms with Crippen LogP contribution in [-0.2, 0) is 25.3 Å². The van der Waals surface area contributed by atoms with Crippen LogP contribution in [0.5, 0.6) is 0 Å². The monoisotopic (exact) mass is 465 g/mol. The normalized spacial score (nSPS) is 15.2. The predicted molar refractivity (Wildman–Crippen MR) is 132 cm³/mol. The van der Waals surface area contributed by atoms with Crippen molar-refractivity contribution in [3.05, 3.63) is 11.9 Å². The van der Waals surface area contributed by atoms with Gasteiger partial charge in [0.2, 0.25) is 11.8 Å². The van der Waals surface area contributed by atoms with Gasteiger partial charge in [-0.05, 0) is 39.0 Å². The number of amides is 2. The Morgan fingerprint density at radius 3 is 2.09 bits per heavy atom. The molecule has 1 rings (SSSR count). The summed E-state index contributed by atoms with van der Waals surface area (Å²) in [7, 11) is 0. The van der Waals surface area contributed by atoms with E-state index in [9.17, 15) is 9.59 Å². The molecule has 8 nitrogen and oxygen atoms in total. The second kappa shape index (κ2) is 10.1. The van der Waals surface area contributed by atoms with Crippen LogP contribution < -0.4 is 11.1 Å². The van der Waals surface area contributed by atoms with E-state index in [0.29, 0.717) is 26.2 Å². The second-order valence-electron chi connectivity index (χ2n) is 11.6. The van der Waals surface area contributed by atoms with Gasteiger partial charge in [0, 0.05) is 31.4 Å². The minimum atomic E-state index is -0.783. The summed E-state index contributed by atoms with van der Waals surface area (Å²) in [6.07, 6.45) is 3.45. The van der Waals surface area contributed by atoms with E-state index in [0.717, 1.165) is 12.1 Å². The zero-order valence-corrected chi connectivity index (χ0v) is 22.8. The summed E-state index contributed by atoms with van der Waals surface area (Å²) in [4.78, 5) is 25.5. The second-order valence-corrected chi connectivity index (χ2v) is 11.6. The maximum atomic E-state index is 13.4. The SMILES string of the molecule is CCOCCC(C)(C)n1cc(C(C)(C)C(C)(C)C(=O)NCC(C)(CC)C(C)(C)C(N)=O)nn1. The third-order valence-electron chi connectivity index (χ3n) is 8.49. The molecule has 1 unspecified atom stereocenters. The minimum Gasteiger partial charge on any atom is -0.382 e. The number of carbonyl (C=O) groups is 2. The van der Waals surface area contributed by atoms with Gasteiger partial charge in [0.05, 0.1) is 22.1 Å². The molecule has 0 radical (unpaired) electrons. The van der Waals surface area contributed by atoms with E-state index in [4.69, 9.17) is 10.5 Å². The highest BCUT2D eigenvalue weighted by Crippen LogP contribution is 2.43. The molecule has 0 aromatic carbocycles. The zero-order chi connectivity index (χ0) is 25.9. The Kier molecular flexibility index (Phi) is 8.91. The molecule has 190 valence electrons. The Bertz CT molecular complexity index is 826. The highest BCUT2D eigenvalue weighted by atomic mass is 16.5. The van der Waals surface area contributed by atoms with E-state index in [-0.39, 0.29) is 17.4 Å². The maximum Gasteiger partial charge on any atom is 0.226 e. The smallest absolute Gasteiger partial charge is 0.226 e. The lowest BCUT2D eigenvalue weighted by Crippen LogP contribution is -2.55.